The molecule has 1 aliphatic heterocycles. The number of hydrogen-bond donors (Lipinski definition) is 0. The molecule has 2 aromatic carbocycles. The molecule has 29 heavy (non-hydrogen) atoms. The Bertz CT molecular complexity index is 1240. The second-order valence-corrected chi connectivity index (χ2v) is 6.55. The summed E-state index contributed by atoms with van der Waals surface area (Å²) in [4.78, 5) is 4.27. The molecular weight excluding hydrogens is 368 g/mol. The highest BCUT2D eigenvalue weighted by Gasteiger charge is 2.26. The Hall–Kier alpha value is -4.12. The van der Waals surface area contributed by atoms with Gasteiger partial charge in [-0.3, -0.25) is 4.57 Å². The zero-order valence-electron chi connectivity index (χ0n) is 15.6. The minimum Gasteiger partial charge on any atom is -0.497 e. The summed E-state index contributed by atoms with van der Waals surface area (Å²) in [5, 5.41) is 18.3. The van der Waals surface area contributed by atoms with Crippen LogP contribution < -0.4 is 9.47 Å². The number of benzene rings is 2. The molecule has 8 nitrogen and oxygen atoms in total. The molecule has 0 fully saturated rings. The van der Waals surface area contributed by atoms with Crippen molar-refractivity contribution in [1.82, 2.24) is 24.5 Å². The number of fused-ring (bicyclic) bond motifs is 5. The van der Waals surface area contributed by atoms with Crippen LogP contribution in [0, 0.1) is 11.3 Å². The number of methoxy groups -OCH3 is 1. The van der Waals surface area contributed by atoms with Crippen molar-refractivity contribution in [2.45, 2.75) is 13.0 Å². The first-order valence-corrected chi connectivity index (χ1v) is 9.05. The standard InChI is InChI=1S/C21H16N6O2/c1-28-15-7-8-18-21(9-15)27-20(10-19-16(11-22)23-13-26(18)19)17(24-25-27)12-29-14-5-3-2-4-6-14/h2-9,13H,10,12H2,1H3. The van der Waals surface area contributed by atoms with Crippen LogP contribution in [-0.2, 0) is 13.0 Å². The predicted octanol–water partition coefficient (Wildman–Crippen LogP) is 2.82. The average Bonchev–Trinajstić information content (AvgIpc) is 3.33. The Balaban J connectivity index is 1.63. The fourth-order valence-electron chi connectivity index (χ4n) is 3.49. The van der Waals surface area contributed by atoms with Crippen LogP contribution in [0.25, 0.3) is 11.4 Å². The monoisotopic (exact) mass is 384 g/mol. The maximum absolute atomic E-state index is 9.52. The minimum absolute atomic E-state index is 0.272. The number of nitriles is 1. The van der Waals surface area contributed by atoms with E-state index in [4.69, 9.17) is 9.47 Å². The third-order valence-electron chi connectivity index (χ3n) is 4.94. The molecular formula is C21H16N6O2. The molecule has 0 unspecified atom stereocenters. The summed E-state index contributed by atoms with van der Waals surface area (Å²) in [5.41, 5.74) is 4.40. The zero-order chi connectivity index (χ0) is 19.8. The lowest BCUT2D eigenvalue weighted by atomic mass is 10.1. The molecule has 0 saturated carbocycles. The lowest BCUT2D eigenvalue weighted by molar-refractivity contribution is 0.300. The molecule has 5 rings (SSSR count). The van der Waals surface area contributed by atoms with Crippen molar-refractivity contribution in [3.63, 3.8) is 0 Å². The molecule has 142 valence electrons. The van der Waals surface area contributed by atoms with Gasteiger partial charge in [0.05, 0.1) is 29.9 Å². The highest BCUT2D eigenvalue weighted by atomic mass is 16.5. The van der Waals surface area contributed by atoms with Crippen molar-refractivity contribution in [3.8, 4) is 28.9 Å². The first-order chi connectivity index (χ1) is 14.3. The highest BCUT2D eigenvalue weighted by Crippen LogP contribution is 2.32. The number of imidazole rings is 1. The van der Waals surface area contributed by atoms with Gasteiger partial charge in [0, 0.05) is 12.5 Å². The maximum atomic E-state index is 9.52. The molecule has 3 heterocycles. The van der Waals surface area contributed by atoms with Crippen LogP contribution in [0.5, 0.6) is 11.5 Å². The van der Waals surface area contributed by atoms with E-state index in [-0.39, 0.29) is 6.61 Å². The number of rotatable bonds is 4. The molecule has 0 spiro atoms. The molecule has 0 saturated heterocycles. The number of hydrogen-bond acceptors (Lipinski definition) is 6. The topological polar surface area (TPSA) is 90.8 Å². The van der Waals surface area contributed by atoms with E-state index in [1.807, 2.05) is 53.1 Å². The van der Waals surface area contributed by atoms with E-state index in [0.717, 1.165) is 28.5 Å². The molecule has 2 aromatic heterocycles. The lowest BCUT2D eigenvalue weighted by Gasteiger charge is -2.11. The second-order valence-electron chi connectivity index (χ2n) is 6.55. The second kappa shape index (κ2) is 6.80. The van der Waals surface area contributed by atoms with Gasteiger partial charge in [-0.2, -0.15) is 5.26 Å². The van der Waals surface area contributed by atoms with Crippen molar-refractivity contribution in [3.05, 3.63) is 77.6 Å². The van der Waals surface area contributed by atoms with Gasteiger partial charge in [0.2, 0.25) is 0 Å². The highest BCUT2D eigenvalue weighted by molar-refractivity contribution is 5.59. The average molecular weight is 384 g/mol. The smallest absolute Gasteiger partial charge is 0.162 e. The van der Waals surface area contributed by atoms with Crippen LogP contribution in [-0.4, -0.2) is 31.7 Å². The minimum atomic E-state index is 0.272. The largest absolute Gasteiger partial charge is 0.497 e. The molecule has 0 N–H and O–H groups in total. The van der Waals surface area contributed by atoms with E-state index < -0.39 is 0 Å². The Morgan fingerprint density at radius 2 is 1.93 bits per heavy atom. The SMILES string of the molecule is COc1ccc2c(c1)-n1nnc(COc3ccccc3)c1Cc1c(C#N)ncn1-2. The molecule has 0 amide bonds. The quantitative estimate of drug-likeness (QED) is 0.473. The predicted molar refractivity (Wildman–Crippen MR) is 103 cm³/mol. The van der Waals surface area contributed by atoms with Crippen molar-refractivity contribution >= 4 is 0 Å². The Labute approximate surface area is 166 Å². The van der Waals surface area contributed by atoms with Crippen LogP contribution in [0.15, 0.2) is 54.9 Å². The zero-order valence-corrected chi connectivity index (χ0v) is 15.6. The van der Waals surface area contributed by atoms with Gasteiger partial charge in [0.15, 0.2) is 5.69 Å². The Morgan fingerprint density at radius 1 is 1.07 bits per heavy atom. The van der Waals surface area contributed by atoms with Gasteiger partial charge in [0.25, 0.3) is 0 Å². The van der Waals surface area contributed by atoms with E-state index in [0.29, 0.717) is 23.6 Å². The van der Waals surface area contributed by atoms with Crippen LogP contribution in [0.1, 0.15) is 22.8 Å². The van der Waals surface area contributed by atoms with Crippen molar-refractivity contribution in [1.29, 1.82) is 5.26 Å². The molecule has 4 aromatic rings. The van der Waals surface area contributed by atoms with Gasteiger partial charge in [0.1, 0.15) is 36.2 Å². The van der Waals surface area contributed by atoms with E-state index in [2.05, 4.69) is 21.4 Å². The molecule has 8 heteroatoms. The van der Waals surface area contributed by atoms with Gasteiger partial charge >= 0.3 is 0 Å². The summed E-state index contributed by atoms with van der Waals surface area (Å²) in [6.45, 7) is 0.272. The number of ether oxygens (including phenoxy) is 2. The third-order valence-corrected chi connectivity index (χ3v) is 4.94. The first-order valence-electron chi connectivity index (χ1n) is 9.05. The Kier molecular flexibility index (Phi) is 3.99. The van der Waals surface area contributed by atoms with Crippen LogP contribution in [0.4, 0.5) is 0 Å². The molecule has 0 bridgehead atoms. The first kappa shape index (κ1) is 17.0. The summed E-state index contributed by atoms with van der Waals surface area (Å²) >= 11 is 0. The number of para-hydroxylation sites is 1. The normalized spacial score (nSPS) is 11.6. The van der Waals surface area contributed by atoms with Gasteiger partial charge in [-0.25, -0.2) is 9.67 Å². The van der Waals surface area contributed by atoms with Gasteiger partial charge in [-0.05, 0) is 24.3 Å². The van der Waals surface area contributed by atoms with E-state index >= 15 is 0 Å². The van der Waals surface area contributed by atoms with Crippen LogP contribution in [0.3, 0.4) is 0 Å². The number of nitrogens with zero attached hydrogens (tertiary/aromatic N) is 6. The summed E-state index contributed by atoms with van der Waals surface area (Å²) in [5.74, 6) is 1.46. The van der Waals surface area contributed by atoms with E-state index in [1.165, 1.54) is 0 Å². The van der Waals surface area contributed by atoms with Crippen molar-refractivity contribution in [2.24, 2.45) is 0 Å². The Morgan fingerprint density at radius 3 is 2.72 bits per heavy atom. The van der Waals surface area contributed by atoms with Crippen molar-refractivity contribution < 1.29 is 9.47 Å². The summed E-state index contributed by atoms with van der Waals surface area (Å²) in [7, 11) is 1.62. The maximum Gasteiger partial charge on any atom is 0.162 e. The number of aromatic nitrogens is 5. The third kappa shape index (κ3) is 2.80. The fourth-order valence-corrected chi connectivity index (χ4v) is 3.49. The van der Waals surface area contributed by atoms with Gasteiger partial charge in [-0.1, -0.05) is 23.4 Å². The van der Waals surface area contributed by atoms with Crippen molar-refractivity contribution in [2.75, 3.05) is 7.11 Å². The molecule has 0 radical (unpaired) electrons. The van der Waals surface area contributed by atoms with Gasteiger partial charge < -0.3 is 9.47 Å². The molecule has 0 atom stereocenters. The summed E-state index contributed by atoms with van der Waals surface area (Å²) in [6, 6.07) is 17.4. The molecule has 0 aliphatic carbocycles. The fraction of sp³-hybridized carbons (Fsp3) is 0.143. The lowest BCUT2D eigenvalue weighted by Crippen LogP contribution is -2.05. The summed E-state index contributed by atoms with van der Waals surface area (Å²) < 4.78 is 15.0. The van der Waals surface area contributed by atoms with E-state index in [1.54, 1.807) is 18.1 Å². The van der Waals surface area contributed by atoms with Gasteiger partial charge in [-0.15, -0.1) is 5.10 Å². The summed E-state index contributed by atoms with van der Waals surface area (Å²) in [6.07, 6.45) is 2.12. The van der Waals surface area contributed by atoms with E-state index in [9.17, 15) is 5.26 Å². The molecule has 1 aliphatic rings. The van der Waals surface area contributed by atoms with Crippen LogP contribution >= 0.6 is 0 Å². The van der Waals surface area contributed by atoms with Crippen LogP contribution in [0.2, 0.25) is 0 Å².